The van der Waals surface area contributed by atoms with Gasteiger partial charge in [0, 0.05) is 23.9 Å². The second kappa shape index (κ2) is 5.29. The van der Waals surface area contributed by atoms with Crippen LogP contribution in [0.15, 0.2) is 42.6 Å². The number of hydrogen-bond donors (Lipinski definition) is 2. The van der Waals surface area contributed by atoms with Crippen molar-refractivity contribution in [1.29, 1.82) is 0 Å². The number of hydrogen-bond acceptors (Lipinski definition) is 4. The fourth-order valence-corrected chi connectivity index (χ4v) is 1.47. The molecule has 1 amide bonds. The monoisotopic (exact) mass is 243 g/mol. The Bertz CT molecular complexity index is 552. The van der Waals surface area contributed by atoms with Crippen molar-refractivity contribution in [2.24, 2.45) is 11.5 Å². The van der Waals surface area contributed by atoms with Crippen molar-refractivity contribution in [2.45, 2.75) is 6.54 Å². The summed E-state index contributed by atoms with van der Waals surface area (Å²) in [5.74, 6) is 0.572. The van der Waals surface area contributed by atoms with Crippen LogP contribution in [-0.2, 0) is 6.54 Å². The van der Waals surface area contributed by atoms with Gasteiger partial charge in [-0.05, 0) is 30.3 Å². The minimum Gasteiger partial charge on any atom is -0.439 e. The van der Waals surface area contributed by atoms with Gasteiger partial charge in [-0.3, -0.25) is 4.79 Å². The predicted molar refractivity (Wildman–Crippen MR) is 67.2 cm³/mol. The molecule has 5 nitrogen and oxygen atoms in total. The van der Waals surface area contributed by atoms with Crippen LogP contribution >= 0.6 is 0 Å². The number of nitrogens with zero attached hydrogens (tertiary/aromatic N) is 1. The summed E-state index contributed by atoms with van der Waals surface area (Å²) in [5.41, 5.74) is 12.0. The average molecular weight is 243 g/mol. The molecule has 18 heavy (non-hydrogen) atoms. The number of amides is 1. The molecule has 0 unspecified atom stereocenters. The van der Waals surface area contributed by atoms with E-state index < -0.39 is 5.91 Å². The van der Waals surface area contributed by atoms with Crippen LogP contribution in [-0.4, -0.2) is 10.9 Å². The van der Waals surface area contributed by atoms with Crippen LogP contribution in [0.2, 0.25) is 0 Å². The molecule has 0 spiro atoms. The van der Waals surface area contributed by atoms with Gasteiger partial charge >= 0.3 is 0 Å². The smallest absolute Gasteiger partial charge is 0.248 e. The molecule has 1 heterocycles. The third-order valence-electron chi connectivity index (χ3n) is 2.42. The summed E-state index contributed by atoms with van der Waals surface area (Å²) in [7, 11) is 0. The fourth-order valence-electron chi connectivity index (χ4n) is 1.47. The molecular formula is C13H13N3O2. The van der Waals surface area contributed by atoms with E-state index in [9.17, 15) is 4.79 Å². The molecule has 5 heteroatoms. The van der Waals surface area contributed by atoms with Gasteiger partial charge in [0.15, 0.2) is 0 Å². The maximum absolute atomic E-state index is 10.9. The first kappa shape index (κ1) is 12.1. The van der Waals surface area contributed by atoms with Gasteiger partial charge in [0.05, 0.1) is 0 Å². The van der Waals surface area contributed by atoms with Crippen molar-refractivity contribution in [3.05, 3.63) is 53.7 Å². The molecule has 1 aromatic carbocycles. The highest BCUT2D eigenvalue weighted by molar-refractivity contribution is 5.92. The standard InChI is InChI=1S/C13H13N3O2/c14-8-10-2-1-7-16-13(10)18-11-5-3-9(4-6-11)12(15)17/h1-7H,8,14H2,(H2,15,17). The maximum atomic E-state index is 10.9. The highest BCUT2D eigenvalue weighted by atomic mass is 16.5. The Kier molecular flexibility index (Phi) is 3.54. The van der Waals surface area contributed by atoms with E-state index >= 15 is 0 Å². The summed E-state index contributed by atoms with van der Waals surface area (Å²) < 4.78 is 5.59. The first-order chi connectivity index (χ1) is 8.70. The quantitative estimate of drug-likeness (QED) is 0.849. The van der Waals surface area contributed by atoms with E-state index in [-0.39, 0.29) is 0 Å². The fraction of sp³-hybridized carbons (Fsp3) is 0.0769. The van der Waals surface area contributed by atoms with E-state index in [1.165, 1.54) is 0 Å². The van der Waals surface area contributed by atoms with Gasteiger partial charge in [-0.1, -0.05) is 6.07 Å². The number of carbonyl (C=O) groups is 1. The van der Waals surface area contributed by atoms with Crippen LogP contribution in [0.3, 0.4) is 0 Å². The number of rotatable bonds is 4. The lowest BCUT2D eigenvalue weighted by molar-refractivity contribution is 0.100. The summed E-state index contributed by atoms with van der Waals surface area (Å²) >= 11 is 0. The average Bonchev–Trinajstić information content (AvgIpc) is 2.40. The highest BCUT2D eigenvalue weighted by Gasteiger charge is 2.05. The Morgan fingerprint density at radius 2 is 1.94 bits per heavy atom. The van der Waals surface area contributed by atoms with Gasteiger partial charge in [0.1, 0.15) is 5.75 Å². The molecule has 0 radical (unpaired) electrons. The van der Waals surface area contributed by atoms with Crippen molar-refractivity contribution in [2.75, 3.05) is 0 Å². The number of pyridine rings is 1. The SMILES string of the molecule is NCc1cccnc1Oc1ccc(C(N)=O)cc1. The van der Waals surface area contributed by atoms with E-state index in [1.54, 1.807) is 36.5 Å². The van der Waals surface area contributed by atoms with Gasteiger partial charge in [-0.15, -0.1) is 0 Å². The van der Waals surface area contributed by atoms with E-state index in [0.717, 1.165) is 5.56 Å². The number of nitrogens with two attached hydrogens (primary N) is 2. The minimum absolute atomic E-state index is 0.350. The zero-order valence-electron chi connectivity index (χ0n) is 9.67. The summed E-state index contributed by atoms with van der Waals surface area (Å²) in [6.45, 7) is 0.350. The number of primary amides is 1. The molecule has 4 N–H and O–H groups in total. The molecule has 0 aliphatic carbocycles. The molecule has 0 aliphatic heterocycles. The van der Waals surface area contributed by atoms with Crippen LogP contribution in [0.1, 0.15) is 15.9 Å². The third kappa shape index (κ3) is 2.64. The summed E-state index contributed by atoms with van der Waals surface area (Å²) in [6, 6.07) is 10.2. The Labute approximate surface area is 104 Å². The van der Waals surface area contributed by atoms with Crippen molar-refractivity contribution >= 4 is 5.91 Å². The lowest BCUT2D eigenvalue weighted by Gasteiger charge is -2.08. The van der Waals surface area contributed by atoms with Crippen molar-refractivity contribution < 1.29 is 9.53 Å². The number of aromatic nitrogens is 1. The predicted octanol–water partition coefficient (Wildman–Crippen LogP) is 1.43. The van der Waals surface area contributed by atoms with Gasteiger partial charge in [0.25, 0.3) is 0 Å². The Morgan fingerprint density at radius 1 is 1.22 bits per heavy atom. The summed E-state index contributed by atoms with van der Waals surface area (Å²) in [6.07, 6.45) is 1.63. The van der Waals surface area contributed by atoms with E-state index in [0.29, 0.717) is 23.7 Å². The maximum Gasteiger partial charge on any atom is 0.248 e. The van der Waals surface area contributed by atoms with Crippen LogP contribution < -0.4 is 16.2 Å². The van der Waals surface area contributed by atoms with Crippen LogP contribution in [0.25, 0.3) is 0 Å². The van der Waals surface area contributed by atoms with Crippen LogP contribution in [0.4, 0.5) is 0 Å². The van der Waals surface area contributed by atoms with Crippen molar-refractivity contribution in [3.63, 3.8) is 0 Å². The van der Waals surface area contributed by atoms with Gasteiger partial charge in [-0.2, -0.15) is 0 Å². The van der Waals surface area contributed by atoms with Crippen molar-refractivity contribution in [3.8, 4) is 11.6 Å². The first-order valence-corrected chi connectivity index (χ1v) is 5.42. The lowest BCUT2D eigenvalue weighted by Crippen LogP contribution is -2.10. The number of benzene rings is 1. The Morgan fingerprint density at radius 3 is 2.56 bits per heavy atom. The minimum atomic E-state index is -0.470. The van der Waals surface area contributed by atoms with E-state index in [4.69, 9.17) is 16.2 Å². The van der Waals surface area contributed by atoms with Gasteiger partial charge in [0.2, 0.25) is 11.8 Å². The zero-order valence-corrected chi connectivity index (χ0v) is 9.67. The second-order valence-corrected chi connectivity index (χ2v) is 3.66. The molecule has 0 saturated carbocycles. The van der Waals surface area contributed by atoms with Crippen molar-refractivity contribution in [1.82, 2.24) is 4.98 Å². The molecule has 0 fully saturated rings. The molecule has 0 atom stereocenters. The topological polar surface area (TPSA) is 91.2 Å². The molecule has 2 aromatic rings. The van der Waals surface area contributed by atoms with E-state index in [1.807, 2.05) is 6.07 Å². The molecule has 0 aliphatic rings. The summed E-state index contributed by atoms with van der Waals surface area (Å²) in [5, 5.41) is 0. The molecule has 2 rings (SSSR count). The van der Waals surface area contributed by atoms with Crippen LogP contribution in [0, 0.1) is 0 Å². The zero-order chi connectivity index (χ0) is 13.0. The number of ether oxygens (including phenoxy) is 1. The molecule has 1 aromatic heterocycles. The summed E-state index contributed by atoms with van der Waals surface area (Å²) in [4.78, 5) is 15.0. The lowest BCUT2D eigenvalue weighted by atomic mass is 10.2. The molecule has 0 saturated heterocycles. The highest BCUT2D eigenvalue weighted by Crippen LogP contribution is 2.22. The third-order valence-corrected chi connectivity index (χ3v) is 2.42. The van der Waals surface area contributed by atoms with Gasteiger partial charge < -0.3 is 16.2 Å². The first-order valence-electron chi connectivity index (χ1n) is 5.42. The van der Waals surface area contributed by atoms with Gasteiger partial charge in [-0.25, -0.2) is 4.98 Å². The second-order valence-electron chi connectivity index (χ2n) is 3.66. The molecule has 0 bridgehead atoms. The Hall–Kier alpha value is -2.40. The number of carbonyl (C=O) groups excluding carboxylic acids is 1. The molecule has 92 valence electrons. The Balaban J connectivity index is 2.21. The van der Waals surface area contributed by atoms with Crippen LogP contribution in [0.5, 0.6) is 11.6 Å². The van der Waals surface area contributed by atoms with E-state index in [2.05, 4.69) is 4.98 Å². The normalized spacial score (nSPS) is 10.1. The largest absolute Gasteiger partial charge is 0.439 e. The molecular weight excluding hydrogens is 230 g/mol.